The molecule has 172 valence electrons. The van der Waals surface area contributed by atoms with Crippen LogP contribution in [0.4, 0.5) is 0 Å². The minimum Gasteiger partial charge on any atom is -0.375 e. The first-order valence-electron chi connectivity index (χ1n) is 10.6. The fourth-order valence-electron chi connectivity index (χ4n) is 4.23. The zero-order valence-corrected chi connectivity index (χ0v) is 19.5. The first kappa shape index (κ1) is 23.0. The molecule has 0 bridgehead atoms. The summed E-state index contributed by atoms with van der Waals surface area (Å²) in [6.07, 6.45) is 0.255. The van der Waals surface area contributed by atoms with Crippen LogP contribution in [0.5, 0.6) is 0 Å². The molecule has 2 amide bonds. The maximum absolute atomic E-state index is 12.9. The minimum atomic E-state index is -3.92. The summed E-state index contributed by atoms with van der Waals surface area (Å²) < 4.78 is 33.9. The maximum Gasteiger partial charge on any atom is 0.245 e. The van der Waals surface area contributed by atoms with Crippen molar-refractivity contribution in [3.63, 3.8) is 0 Å². The third-order valence-electron chi connectivity index (χ3n) is 6.00. The second-order valence-corrected chi connectivity index (χ2v) is 10.4. The van der Waals surface area contributed by atoms with Crippen molar-refractivity contribution in [3.8, 4) is 0 Å². The van der Waals surface area contributed by atoms with Crippen LogP contribution in [0, 0.1) is 0 Å². The van der Waals surface area contributed by atoms with E-state index in [1.54, 1.807) is 42.2 Å². The molecule has 2 fully saturated rings. The number of morpholine rings is 1. The summed E-state index contributed by atoms with van der Waals surface area (Å²) in [7, 11) is -3.92. The van der Waals surface area contributed by atoms with Gasteiger partial charge in [-0.2, -0.15) is 4.72 Å². The van der Waals surface area contributed by atoms with Gasteiger partial charge < -0.3 is 14.5 Å². The third-order valence-corrected chi connectivity index (χ3v) is 7.70. The molecule has 2 unspecified atom stereocenters. The van der Waals surface area contributed by atoms with Crippen molar-refractivity contribution in [1.82, 2.24) is 14.5 Å². The smallest absolute Gasteiger partial charge is 0.245 e. The van der Waals surface area contributed by atoms with Gasteiger partial charge in [0.1, 0.15) is 12.1 Å². The van der Waals surface area contributed by atoms with E-state index in [0.29, 0.717) is 37.7 Å². The van der Waals surface area contributed by atoms with E-state index in [1.165, 1.54) is 11.0 Å². The van der Waals surface area contributed by atoms with Gasteiger partial charge in [-0.25, -0.2) is 8.42 Å². The highest BCUT2D eigenvalue weighted by Gasteiger charge is 2.40. The predicted octanol–water partition coefficient (Wildman–Crippen LogP) is 2.01. The summed E-state index contributed by atoms with van der Waals surface area (Å²) in [4.78, 5) is 29.0. The van der Waals surface area contributed by atoms with Gasteiger partial charge in [0, 0.05) is 24.7 Å². The van der Waals surface area contributed by atoms with Crippen LogP contribution in [0.2, 0.25) is 5.02 Å². The van der Waals surface area contributed by atoms with Gasteiger partial charge in [-0.15, -0.1) is 0 Å². The highest BCUT2D eigenvalue weighted by molar-refractivity contribution is 7.89. The molecule has 0 saturated carbocycles. The lowest BCUT2D eigenvalue weighted by Gasteiger charge is -2.35. The van der Waals surface area contributed by atoms with E-state index in [4.69, 9.17) is 16.3 Å². The number of sulfonamides is 1. The number of halogens is 1. The molecule has 0 aromatic heterocycles. The Kier molecular flexibility index (Phi) is 6.44. The van der Waals surface area contributed by atoms with E-state index >= 15 is 0 Å². The van der Waals surface area contributed by atoms with Crippen LogP contribution < -0.4 is 4.72 Å². The van der Waals surface area contributed by atoms with Crippen LogP contribution in [-0.4, -0.2) is 74.5 Å². The van der Waals surface area contributed by atoms with Crippen LogP contribution in [0.1, 0.15) is 20.3 Å². The maximum atomic E-state index is 12.9. The number of carbonyl (C=O) groups is 2. The van der Waals surface area contributed by atoms with Gasteiger partial charge in [-0.3, -0.25) is 9.59 Å². The molecule has 10 heteroatoms. The molecule has 0 aliphatic carbocycles. The first-order chi connectivity index (χ1) is 15.2. The van der Waals surface area contributed by atoms with Crippen molar-refractivity contribution in [1.29, 1.82) is 0 Å². The average molecular weight is 480 g/mol. The fraction of sp³-hybridized carbons (Fsp3) is 0.455. The minimum absolute atomic E-state index is 0.0493. The van der Waals surface area contributed by atoms with Crippen molar-refractivity contribution in [2.45, 2.75) is 43.4 Å². The molecule has 2 saturated heterocycles. The standard InChI is InChI=1S/C22H26ClN3O5S/c1-14-13-25(9-10-31-14)21(27)15(2)26-8-7-20(22(26)28)24-32(29,30)19-6-4-16-11-18(23)5-3-17(16)12-19/h3-6,11-12,14-15,20,24H,7-10,13H2,1-2H3/t14?,15?,20-/m0/s1. The van der Waals surface area contributed by atoms with E-state index in [1.807, 2.05) is 6.92 Å². The van der Waals surface area contributed by atoms with Gasteiger partial charge in [0.25, 0.3) is 0 Å². The highest BCUT2D eigenvalue weighted by atomic mass is 35.5. The van der Waals surface area contributed by atoms with E-state index in [-0.39, 0.29) is 22.8 Å². The molecule has 0 radical (unpaired) electrons. The number of nitrogens with one attached hydrogen (secondary N) is 1. The quantitative estimate of drug-likeness (QED) is 0.707. The fourth-order valence-corrected chi connectivity index (χ4v) is 5.67. The van der Waals surface area contributed by atoms with Crippen molar-refractivity contribution < 1.29 is 22.7 Å². The topological polar surface area (TPSA) is 96.0 Å². The number of carbonyl (C=O) groups excluding carboxylic acids is 2. The largest absolute Gasteiger partial charge is 0.375 e. The SMILES string of the molecule is CC1CN(C(=O)C(C)N2CC[C@H](NS(=O)(=O)c3ccc4cc(Cl)ccc4c3)C2=O)CCO1. The molecule has 32 heavy (non-hydrogen) atoms. The summed E-state index contributed by atoms with van der Waals surface area (Å²) in [5.41, 5.74) is 0. The zero-order chi connectivity index (χ0) is 23.0. The van der Waals surface area contributed by atoms with Gasteiger partial charge >= 0.3 is 0 Å². The Bertz CT molecular complexity index is 1160. The molecule has 2 aromatic carbocycles. The van der Waals surface area contributed by atoms with Gasteiger partial charge in [0.2, 0.25) is 21.8 Å². The van der Waals surface area contributed by atoms with Crippen LogP contribution in [0.3, 0.4) is 0 Å². The molecule has 4 rings (SSSR count). The number of amides is 2. The number of fused-ring (bicyclic) bond motifs is 1. The molecule has 0 spiro atoms. The molecule has 1 N–H and O–H groups in total. The predicted molar refractivity (Wildman–Crippen MR) is 121 cm³/mol. The van der Waals surface area contributed by atoms with Crippen molar-refractivity contribution in [2.24, 2.45) is 0 Å². The number of hydrogen-bond donors (Lipinski definition) is 1. The second kappa shape index (κ2) is 8.97. The van der Waals surface area contributed by atoms with E-state index in [2.05, 4.69) is 4.72 Å². The average Bonchev–Trinajstić information content (AvgIpc) is 3.11. The summed E-state index contributed by atoms with van der Waals surface area (Å²) in [6, 6.07) is 8.36. The van der Waals surface area contributed by atoms with Gasteiger partial charge in [-0.05, 0) is 55.3 Å². The number of nitrogens with zero attached hydrogens (tertiary/aromatic N) is 2. The van der Waals surface area contributed by atoms with Crippen LogP contribution in [0.15, 0.2) is 41.3 Å². The lowest BCUT2D eigenvalue weighted by Crippen LogP contribution is -2.53. The van der Waals surface area contributed by atoms with E-state index in [0.717, 1.165) is 10.8 Å². The van der Waals surface area contributed by atoms with Gasteiger partial charge in [0.15, 0.2) is 0 Å². The number of rotatable bonds is 5. The second-order valence-electron chi connectivity index (χ2n) is 8.29. The third kappa shape index (κ3) is 4.61. The first-order valence-corrected chi connectivity index (χ1v) is 12.4. The van der Waals surface area contributed by atoms with E-state index < -0.39 is 22.1 Å². The molecule has 3 atom stereocenters. The molecule has 2 aliphatic heterocycles. The Morgan fingerprint density at radius 1 is 1.19 bits per heavy atom. The van der Waals surface area contributed by atoms with Crippen LogP contribution >= 0.6 is 11.6 Å². The van der Waals surface area contributed by atoms with Crippen molar-refractivity contribution >= 4 is 44.2 Å². The number of likely N-dealkylation sites (tertiary alicyclic amines) is 1. The van der Waals surface area contributed by atoms with Crippen molar-refractivity contribution in [3.05, 3.63) is 41.4 Å². The Morgan fingerprint density at radius 2 is 1.91 bits per heavy atom. The monoisotopic (exact) mass is 479 g/mol. The molecule has 8 nitrogen and oxygen atoms in total. The Hall–Kier alpha value is -2.20. The normalized spacial score (nSPS) is 23.0. The molecular formula is C22H26ClN3O5S. The highest BCUT2D eigenvalue weighted by Crippen LogP contribution is 2.24. The number of ether oxygens (including phenoxy) is 1. The molecule has 2 aliphatic rings. The van der Waals surface area contributed by atoms with Gasteiger partial charge in [-0.1, -0.05) is 23.7 Å². The van der Waals surface area contributed by atoms with E-state index in [9.17, 15) is 18.0 Å². The lowest BCUT2D eigenvalue weighted by molar-refractivity contribution is -0.148. The molecule has 2 aromatic rings. The van der Waals surface area contributed by atoms with Crippen LogP contribution in [-0.2, 0) is 24.3 Å². The Morgan fingerprint density at radius 3 is 2.66 bits per heavy atom. The number of benzene rings is 2. The Balaban J connectivity index is 1.45. The van der Waals surface area contributed by atoms with Gasteiger partial charge in [0.05, 0.1) is 17.6 Å². The summed E-state index contributed by atoms with van der Waals surface area (Å²) in [5.74, 6) is -0.534. The summed E-state index contributed by atoms with van der Waals surface area (Å²) in [5, 5.41) is 2.12. The Labute approximate surface area is 192 Å². The number of hydrogen-bond acceptors (Lipinski definition) is 5. The molecule has 2 heterocycles. The lowest BCUT2D eigenvalue weighted by atomic mass is 10.1. The zero-order valence-electron chi connectivity index (χ0n) is 18.0. The van der Waals surface area contributed by atoms with Crippen LogP contribution in [0.25, 0.3) is 10.8 Å². The van der Waals surface area contributed by atoms with Crippen molar-refractivity contribution in [2.75, 3.05) is 26.2 Å². The summed E-state index contributed by atoms with van der Waals surface area (Å²) in [6.45, 7) is 5.33. The summed E-state index contributed by atoms with van der Waals surface area (Å²) >= 11 is 5.99. The molecular weight excluding hydrogens is 454 g/mol.